The molecule has 2 amide bonds. The number of aromatic nitrogens is 1. The normalized spacial score (nSPS) is 19.8. The van der Waals surface area contributed by atoms with E-state index in [0.29, 0.717) is 5.82 Å². The molecule has 1 unspecified atom stereocenters. The van der Waals surface area contributed by atoms with Crippen molar-refractivity contribution in [3.05, 3.63) is 22.3 Å². The molecule has 2 rings (SSSR count). The van der Waals surface area contributed by atoms with E-state index in [0.717, 1.165) is 10.2 Å². The van der Waals surface area contributed by atoms with Gasteiger partial charge < -0.3 is 5.32 Å². The summed E-state index contributed by atoms with van der Waals surface area (Å²) < 4.78 is 0.907. The second-order valence-corrected chi connectivity index (χ2v) is 4.43. The lowest BCUT2D eigenvalue weighted by molar-refractivity contribution is -0.124. The van der Waals surface area contributed by atoms with Crippen LogP contribution >= 0.6 is 15.9 Å². The van der Waals surface area contributed by atoms with E-state index < -0.39 is 6.04 Å². The zero-order valence-electron chi connectivity index (χ0n) is 8.58. The molecule has 6 heteroatoms. The van der Waals surface area contributed by atoms with Crippen molar-refractivity contribution in [3.63, 3.8) is 0 Å². The van der Waals surface area contributed by atoms with Crippen LogP contribution < -0.4 is 10.6 Å². The molecule has 1 aliphatic rings. The smallest absolute Gasteiger partial charge is 0.249 e. The number of nitrogens with zero attached hydrogens (tertiary/aromatic N) is 1. The highest BCUT2D eigenvalue weighted by atomic mass is 79.9. The lowest BCUT2D eigenvalue weighted by Gasteiger charge is -2.10. The second kappa shape index (κ2) is 4.21. The Morgan fingerprint density at radius 1 is 1.50 bits per heavy atom. The Labute approximate surface area is 101 Å². The van der Waals surface area contributed by atoms with Crippen LogP contribution in [0.1, 0.15) is 12.1 Å². The van der Waals surface area contributed by atoms with Crippen LogP contribution in [0.25, 0.3) is 0 Å². The van der Waals surface area contributed by atoms with Gasteiger partial charge in [-0.3, -0.25) is 14.9 Å². The lowest BCUT2D eigenvalue weighted by Crippen LogP contribution is -2.30. The third kappa shape index (κ3) is 2.21. The fraction of sp³-hybridized carbons (Fsp3) is 0.300. The first-order valence-corrected chi connectivity index (χ1v) is 5.59. The van der Waals surface area contributed by atoms with Gasteiger partial charge in [0.1, 0.15) is 11.9 Å². The van der Waals surface area contributed by atoms with Crippen molar-refractivity contribution in [3.8, 4) is 0 Å². The average Bonchev–Trinajstić information content (AvgIpc) is 2.51. The number of pyridine rings is 1. The van der Waals surface area contributed by atoms with Crippen molar-refractivity contribution in [2.75, 3.05) is 5.32 Å². The number of hydrogen-bond acceptors (Lipinski definition) is 4. The van der Waals surface area contributed by atoms with Crippen molar-refractivity contribution < 1.29 is 9.59 Å². The van der Waals surface area contributed by atoms with Gasteiger partial charge in [0.05, 0.1) is 12.1 Å². The Bertz CT molecular complexity index is 461. The van der Waals surface area contributed by atoms with Gasteiger partial charge in [-0.15, -0.1) is 0 Å². The molecular weight excluding hydrogens is 274 g/mol. The maximum Gasteiger partial charge on any atom is 0.249 e. The fourth-order valence-electron chi connectivity index (χ4n) is 1.47. The van der Waals surface area contributed by atoms with Gasteiger partial charge in [0.2, 0.25) is 11.8 Å². The monoisotopic (exact) mass is 283 g/mol. The molecule has 16 heavy (non-hydrogen) atoms. The van der Waals surface area contributed by atoms with Gasteiger partial charge in [-0.2, -0.15) is 0 Å². The van der Waals surface area contributed by atoms with E-state index in [1.807, 2.05) is 13.0 Å². The summed E-state index contributed by atoms with van der Waals surface area (Å²) in [5.41, 5.74) is 0.828. The van der Waals surface area contributed by atoms with Crippen LogP contribution in [0, 0.1) is 6.92 Å². The predicted octanol–water partition coefficient (Wildman–Crippen LogP) is 0.980. The first-order valence-electron chi connectivity index (χ1n) is 4.79. The summed E-state index contributed by atoms with van der Waals surface area (Å²) in [6.45, 7) is 1.86. The van der Waals surface area contributed by atoms with Crippen LogP contribution in [-0.4, -0.2) is 22.8 Å². The summed E-state index contributed by atoms with van der Waals surface area (Å²) >= 11 is 3.34. The number of rotatable bonds is 2. The van der Waals surface area contributed by atoms with E-state index >= 15 is 0 Å². The van der Waals surface area contributed by atoms with Gasteiger partial charge >= 0.3 is 0 Å². The van der Waals surface area contributed by atoms with Gasteiger partial charge in [0.25, 0.3) is 0 Å². The van der Waals surface area contributed by atoms with Crippen LogP contribution in [0.5, 0.6) is 0 Å². The third-order valence-corrected chi connectivity index (χ3v) is 3.15. The van der Waals surface area contributed by atoms with Crippen molar-refractivity contribution in [1.29, 1.82) is 0 Å². The van der Waals surface area contributed by atoms with E-state index in [9.17, 15) is 9.59 Å². The number of carbonyl (C=O) groups excluding carboxylic acids is 2. The summed E-state index contributed by atoms with van der Waals surface area (Å²) in [5.74, 6) is 0.0410. The van der Waals surface area contributed by atoms with Crippen LogP contribution in [-0.2, 0) is 9.59 Å². The van der Waals surface area contributed by atoms with E-state index in [2.05, 4.69) is 31.5 Å². The van der Waals surface area contributed by atoms with Crippen LogP contribution in [0.4, 0.5) is 5.82 Å². The Balaban J connectivity index is 2.12. The molecule has 0 bridgehead atoms. The van der Waals surface area contributed by atoms with E-state index in [-0.39, 0.29) is 18.2 Å². The Morgan fingerprint density at radius 2 is 2.25 bits per heavy atom. The summed E-state index contributed by atoms with van der Waals surface area (Å²) in [7, 11) is 0. The number of amides is 2. The van der Waals surface area contributed by atoms with Crippen molar-refractivity contribution >= 4 is 33.6 Å². The Hall–Kier alpha value is -1.43. The zero-order valence-corrected chi connectivity index (χ0v) is 10.2. The van der Waals surface area contributed by atoms with Crippen molar-refractivity contribution in [2.45, 2.75) is 19.4 Å². The van der Waals surface area contributed by atoms with Gasteiger partial charge in [0, 0.05) is 4.47 Å². The number of anilines is 1. The summed E-state index contributed by atoms with van der Waals surface area (Å²) in [6, 6.07) is 3.09. The topological polar surface area (TPSA) is 71.1 Å². The molecule has 1 atom stereocenters. The molecule has 2 N–H and O–H groups in total. The molecule has 84 valence electrons. The largest absolute Gasteiger partial charge is 0.358 e. The number of nitrogens with one attached hydrogen (secondary N) is 2. The molecule has 1 aliphatic heterocycles. The molecule has 5 nitrogen and oxygen atoms in total. The van der Waals surface area contributed by atoms with Crippen molar-refractivity contribution in [2.24, 2.45) is 0 Å². The highest BCUT2D eigenvalue weighted by Crippen LogP contribution is 2.17. The molecule has 1 fully saturated rings. The standard InChI is InChI=1S/C10H10BrN3O2/c1-5-6(11)2-3-8(12-5)13-7-4-9(15)14-10(7)16/h2-3,7H,4H2,1H3,(H,12,13)(H,14,15,16). The minimum absolute atomic E-state index is 0.162. The first-order chi connectivity index (χ1) is 7.56. The van der Waals surface area contributed by atoms with E-state index in [1.165, 1.54) is 0 Å². The Morgan fingerprint density at radius 3 is 2.81 bits per heavy atom. The van der Waals surface area contributed by atoms with Gasteiger partial charge in [-0.25, -0.2) is 4.98 Å². The lowest BCUT2D eigenvalue weighted by atomic mass is 10.2. The number of halogens is 1. The highest BCUT2D eigenvalue weighted by Gasteiger charge is 2.30. The third-order valence-electron chi connectivity index (χ3n) is 2.31. The van der Waals surface area contributed by atoms with Gasteiger partial charge in [0.15, 0.2) is 0 Å². The van der Waals surface area contributed by atoms with Gasteiger partial charge in [-0.1, -0.05) is 0 Å². The molecule has 1 aromatic heterocycles. The summed E-state index contributed by atoms with van der Waals surface area (Å²) in [6.07, 6.45) is 0.162. The minimum atomic E-state index is -0.513. The maximum atomic E-state index is 11.3. The van der Waals surface area contributed by atoms with Gasteiger partial charge in [-0.05, 0) is 35.0 Å². The molecule has 0 spiro atoms. The summed E-state index contributed by atoms with van der Waals surface area (Å²) in [4.78, 5) is 26.5. The molecule has 1 saturated heterocycles. The minimum Gasteiger partial charge on any atom is -0.358 e. The average molecular weight is 284 g/mol. The first kappa shape index (κ1) is 11.1. The van der Waals surface area contributed by atoms with E-state index in [4.69, 9.17) is 0 Å². The highest BCUT2D eigenvalue weighted by molar-refractivity contribution is 9.10. The predicted molar refractivity (Wildman–Crippen MR) is 61.9 cm³/mol. The Kier molecular flexibility index (Phi) is 2.91. The van der Waals surface area contributed by atoms with E-state index in [1.54, 1.807) is 6.07 Å². The number of imide groups is 1. The zero-order chi connectivity index (χ0) is 11.7. The quantitative estimate of drug-likeness (QED) is 0.794. The molecule has 1 aromatic rings. The SMILES string of the molecule is Cc1nc(NC2CC(=O)NC2=O)ccc1Br. The van der Waals surface area contributed by atoms with Crippen LogP contribution in [0.2, 0.25) is 0 Å². The molecule has 0 aromatic carbocycles. The fourth-order valence-corrected chi connectivity index (χ4v) is 1.69. The number of hydrogen-bond donors (Lipinski definition) is 2. The number of aryl methyl sites for hydroxylation is 1. The number of carbonyl (C=O) groups is 2. The second-order valence-electron chi connectivity index (χ2n) is 3.58. The molecule has 0 aliphatic carbocycles. The maximum absolute atomic E-state index is 11.3. The van der Waals surface area contributed by atoms with Crippen LogP contribution in [0.15, 0.2) is 16.6 Å². The van der Waals surface area contributed by atoms with Crippen molar-refractivity contribution in [1.82, 2.24) is 10.3 Å². The summed E-state index contributed by atoms with van der Waals surface area (Å²) in [5, 5.41) is 5.16. The van der Waals surface area contributed by atoms with Crippen LogP contribution in [0.3, 0.4) is 0 Å². The molecule has 2 heterocycles. The molecular formula is C10H10BrN3O2. The molecule has 0 saturated carbocycles. The molecule has 0 radical (unpaired) electrons.